The van der Waals surface area contributed by atoms with Gasteiger partial charge >= 0.3 is 0 Å². The number of nitrogens with zero attached hydrogens (tertiary/aromatic N) is 2. The van der Waals surface area contributed by atoms with E-state index in [9.17, 15) is 4.79 Å². The van der Waals surface area contributed by atoms with Gasteiger partial charge in [-0.3, -0.25) is 4.79 Å². The number of carbonyl (C=O) groups is 1. The number of hydrogen-bond acceptors (Lipinski definition) is 6. The van der Waals surface area contributed by atoms with Crippen molar-refractivity contribution in [1.82, 2.24) is 15.5 Å². The second kappa shape index (κ2) is 7.16. The third-order valence-electron chi connectivity index (χ3n) is 2.99. The number of carbonyl (C=O) groups excluding carboxylic acids is 1. The van der Waals surface area contributed by atoms with Crippen molar-refractivity contribution in [2.24, 2.45) is 0 Å². The number of hydrogen-bond donors (Lipinski definition) is 2. The molecule has 1 aromatic carbocycles. The lowest BCUT2D eigenvalue weighted by atomic mass is 10.2. The number of anilines is 1. The molecule has 1 fully saturated rings. The first-order chi connectivity index (χ1) is 9.83. The quantitative estimate of drug-likeness (QED) is 0.882. The van der Waals surface area contributed by atoms with Crippen molar-refractivity contribution >= 4 is 24.0 Å². The maximum atomic E-state index is 12.0. The first kappa shape index (κ1) is 15.4. The molecule has 1 unspecified atom stereocenters. The van der Waals surface area contributed by atoms with E-state index in [0.29, 0.717) is 24.7 Å². The van der Waals surface area contributed by atoms with E-state index in [2.05, 4.69) is 25.3 Å². The third-order valence-corrected chi connectivity index (χ3v) is 2.99. The molecule has 21 heavy (non-hydrogen) atoms. The molecule has 1 aliphatic heterocycles. The zero-order valence-corrected chi connectivity index (χ0v) is 11.9. The van der Waals surface area contributed by atoms with Crippen molar-refractivity contribution < 1.29 is 14.1 Å². The van der Waals surface area contributed by atoms with E-state index < -0.39 is 6.10 Å². The molecule has 112 valence electrons. The molecule has 8 heteroatoms. The Morgan fingerprint density at radius 1 is 1.33 bits per heavy atom. The van der Waals surface area contributed by atoms with Crippen LogP contribution in [0.15, 0.2) is 35.2 Å². The van der Waals surface area contributed by atoms with Crippen molar-refractivity contribution in [2.75, 3.05) is 25.0 Å². The fraction of sp³-hybridized carbons (Fsp3) is 0.308. The molecular weight excluding hydrogens is 296 g/mol. The maximum absolute atomic E-state index is 12.0. The number of amides is 1. The van der Waals surface area contributed by atoms with Gasteiger partial charge in [-0.25, -0.2) is 0 Å². The van der Waals surface area contributed by atoms with Crippen molar-refractivity contribution in [3.05, 3.63) is 30.7 Å². The Kier molecular flexibility index (Phi) is 5.26. The molecule has 1 amide bonds. The van der Waals surface area contributed by atoms with Gasteiger partial charge in [0.2, 0.25) is 12.2 Å². The molecule has 2 heterocycles. The standard InChI is InChI=1S/C13H14N4O3.ClH/c18-13(11-7-14-5-6-19-11)16-10-3-1-9(2-4-10)12-15-8-20-17-12;/h1-4,8,11,14H,5-7H2,(H,16,18);1H. The zero-order chi connectivity index (χ0) is 13.8. The predicted molar refractivity (Wildman–Crippen MR) is 78.2 cm³/mol. The monoisotopic (exact) mass is 310 g/mol. The van der Waals surface area contributed by atoms with E-state index in [1.807, 2.05) is 12.1 Å². The van der Waals surface area contributed by atoms with E-state index in [1.54, 1.807) is 12.1 Å². The Labute approximate surface area is 127 Å². The SMILES string of the molecule is Cl.O=C(Nc1ccc(-c2ncon2)cc1)C1CNCCO1. The van der Waals surface area contributed by atoms with Crippen LogP contribution in [0.4, 0.5) is 5.69 Å². The predicted octanol–water partition coefficient (Wildman–Crippen LogP) is 1.09. The molecule has 1 aliphatic rings. The van der Waals surface area contributed by atoms with E-state index >= 15 is 0 Å². The molecule has 1 aromatic heterocycles. The zero-order valence-electron chi connectivity index (χ0n) is 11.1. The summed E-state index contributed by atoms with van der Waals surface area (Å²) in [5, 5.41) is 9.68. The van der Waals surface area contributed by atoms with Crippen LogP contribution in [0.3, 0.4) is 0 Å². The van der Waals surface area contributed by atoms with Crippen LogP contribution in [0.5, 0.6) is 0 Å². The van der Waals surface area contributed by atoms with Crippen LogP contribution >= 0.6 is 12.4 Å². The maximum Gasteiger partial charge on any atom is 0.254 e. The number of morpholine rings is 1. The van der Waals surface area contributed by atoms with Gasteiger partial charge in [0.05, 0.1) is 6.61 Å². The first-order valence-corrected chi connectivity index (χ1v) is 6.33. The van der Waals surface area contributed by atoms with Crippen LogP contribution < -0.4 is 10.6 Å². The van der Waals surface area contributed by atoms with E-state index in [1.165, 1.54) is 6.39 Å². The summed E-state index contributed by atoms with van der Waals surface area (Å²) in [5.41, 5.74) is 1.53. The van der Waals surface area contributed by atoms with E-state index in [-0.39, 0.29) is 18.3 Å². The average molecular weight is 311 g/mol. The summed E-state index contributed by atoms with van der Waals surface area (Å²) in [7, 11) is 0. The Morgan fingerprint density at radius 2 is 2.14 bits per heavy atom. The van der Waals surface area contributed by atoms with Crippen LogP contribution in [0.1, 0.15) is 0 Å². The lowest BCUT2D eigenvalue weighted by molar-refractivity contribution is -0.128. The highest BCUT2D eigenvalue weighted by atomic mass is 35.5. The van der Waals surface area contributed by atoms with Gasteiger partial charge in [-0.1, -0.05) is 5.16 Å². The molecule has 0 radical (unpaired) electrons. The van der Waals surface area contributed by atoms with Gasteiger partial charge in [0.15, 0.2) is 0 Å². The highest BCUT2D eigenvalue weighted by Gasteiger charge is 2.21. The van der Waals surface area contributed by atoms with Crippen molar-refractivity contribution in [1.29, 1.82) is 0 Å². The Hall–Kier alpha value is -1.96. The summed E-state index contributed by atoms with van der Waals surface area (Å²) in [5.74, 6) is 0.368. The van der Waals surface area contributed by atoms with Crippen LogP contribution in [0.2, 0.25) is 0 Å². The van der Waals surface area contributed by atoms with Gasteiger partial charge in [0.1, 0.15) is 6.10 Å². The second-order valence-corrected chi connectivity index (χ2v) is 4.38. The van der Waals surface area contributed by atoms with E-state index in [0.717, 1.165) is 12.1 Å². The summed E-state index contributed by atoms with van der Waals surface area (Å²) in [6.07, 6.45) is 0.832. The van der Waals surface area contributed by atoms with Crippen LogP contribution in [0.25, 0.3) is 11.4 Å². The van der Waals surface area contributed by atoms with Gasteiger partial charge in [0.25, 0.3) is 5.91 Å². The van der Waals surface area contributed by atoms with Crippen molar-refractivity contribution in [2.45, 2.75) is 6.10 Å². The molecule has 7 nitrogen and oxygen atoms in total. The van der Waals surface area contributed by atoms with Crippen LogP contribution in [0, 0.1) is 0 Å². The highest BCUT2D eigenvalue weighted by molar-refractivity contribution is 5.94. The van der Waals surface area contributed by atoms with Gasteiger partial charge in [-0.15, -0.1) is 12.4 Å². The van der Waals surface area contributed by atoms with Crippen LogP contribution in [-0.4, -0.2) is 41.8 Å². The summed E-state index contributed by atoms with van der Waals surface area (Å²) in [6.45, 7) is 1.87. The van der Waals surface area contributed by atoms with Crippen LogP contribution in [-0.2, 0) is 9.53 Å². The Bertz CT molecular complexity index is 568. The molecule has 0 saturated carbocycles. The number of nitrogens with one attached hydrogen (secondary N) is 2. The van der Waals surface area contributed by atoms with Gasteiger partial charge in [-0.2, -0.15) is 4.98 Å². The number of benzene rings is 1. The fourth-order valence-electron chi connectivity index (χ4n) is 1.96. The fourth-order valence-corrected chi connectivity index (χ4v) is 1.96. The normalized spacial score (nSPS) is 17.8. The van der Waals surface area contributed by atoms with Gasteiger partial charge < -0.3 is 19.9 Å². The largest absolute Gasteiger partial charge is 0.366 e. The molecule has 0 spiro atoms. The third kappa shape index (κ3) is 3.78. The second-order valence-electron chi connectivity index (χ2n) is 4.38. The molecule has 1 atom stereocenters. The highest BCUT2D eigenvalue weighted by Crippen LogP contribution is 2.17. The molecule has 2 N–H and O–H groups in total. The molecular formula is C13H15ClN4O3. The smallest absolute Gasteiger partial charge is 0.254 e. The first-order valence-electron chi connectivity index (χ1n) is 6.33. The lowest BCUT2D eigenvalue weighted by Gasteiger charge is -2.22. The number of halogens is 1. The number of aromatic nitrogens is 2. The average Bonchev–Trinajstić information content (AvgIpc) is 3.03. The summed E-state index contributed by atoms with van der Waals surface area (Å²) < 4.78 is 10.1. The lowest BCUT2D eigenvalue weighted by Crippen LogP contribution is -2.45. The Balaban J connectivity index is 0.00000161. The summed E-state index contributed by atoms with van der Waals surface area (Å²) >= 11 is 0. The van der Waals surface area contributed by atoms with E-state index in [4.69, 9.17) is 4.74 Å². The minimum absolute atomic E-state index is 0. The van der Waals surface area contributed by atoms with Gasteiger partial charge in [0, 0.05) is 24.3 Å². The number of ether oxygens (including phenoxy) is 1. The summed E-state index contributed by atoms with van der Waals surface area (Å²) in [6, 6.07) is 7.22. The Morgan fingerprint density at radius 3 is 2.76 bits per heavy atom. The minimum Gasteiger partial charge on any atom is -0.366 e. The van der Waals surface area contributed by atoms with Crippen molar-refractivity contribution in [3.63, 3.8) is 0 Å². The van der Waals surface area contributed by atoms with Crippen molar-refractivity contribution in [3.8, 4) is 11.4 Å². The topological polar surface area (TPSA) is 89.3 Å². The molecule has 0 bridgehead atoms. The number of rotatable bonds is 3. The molecule has 0 aliphatic carbocycles. The summed E-state index contributed by atoms with van der Waals surface area (Å²) in [4.78, 5) is 15.9. The molecule has 3 rings (SSSR count). The molecule has 2 aromatic rings. The van der Waals surface area contributed by atoms with Gasteiger partial charge in [-0.05, 0) is 24.3 Å². The minimum atomic E-state index is -0.444. The molecule has 1 saturated heterocycles.